The molecule has 0 atom stereocenters. The molecule has 1 saturated heterocycles. The van der Waals surface area contributed by atoms with E-state index in [0.717, 1.165) is 46.2 Å². The average molecular weight is 706 g/mol. The number of phenolic OH excluding ortho intramolecular Hbond substituents is 2. The van der Waals surface area contributed by atoms with Crippen LogP contribution in [0.15, 0.2) is 24.3 Å². The molecule has 1 aliphatic rings. The van der Waals surface area contributed by atoms with Crippen molar-refractivity contribution in [1.29, 1.82) is 0 Å². The van der Waals surface area contributed by atoms with Gasteiger partial charge in [0.15, 0.2) is 0 Å². The van der Waals surface area contributed by atoms with Crippen molar-refractivity contribution < 1.29 is 24.5 Å². The first-order valence-electron chi connectivity index (χ1n) is 19.5. The van der Waals surface area contributed by atoms with E-state index in [1.165, 1.54) is 0 Å². The molecule has 51 heavy (non-hydrogen) atoms. The summed E-state index contributed by atoms with van der Waals surface area (Å²) in [6.45, 7) is 30.7. The number of hydrogen-bond donors (Lipinski definition) is 2. The van der Waals surface area contributed by atoms with E-state index in [-0.39, 0.29) is 39.8 Å². The fourth-order valence-electron chi connectivity index (χ4n) is 8.20. The summed E-state index contributed by atoms with van der Waals surface area (Å²) in [5.41, 5.74) is 5.06. The van der Waals surface area contributed by atoms with Gasteiger partial charge >= 0.3 is 5.97 Å². The molecule has 1 aliphatic heterocycles. The van der Waals surface area contributed by atoms with Crippen LogP contribution in [0.5, 0.6) is 11.5 Å². The number of carbonyl (C=O) groups excluding carboxylic acids is 2. The molecule has 0 spiro atoms. The van der Waals surface area contributed by atoms with Crippen LogP contribution in [0, 0.1) is 11.8 Å². The molecule has 1 fully saturated rings. The number of nitrogens with zero attached hydrogens (tertiary/aromatic N) is 1. The molecule has 0 aromatic heterocycles. The van der Waals surface area contributed by atoms with Gasteiger partial charge in [-0.2, -0.15) is 0 Å². The van der Waals surface area contributed by atoms with Gasteiger partial charge in [-0.05, 0) is 109 Å². The predicted octanol–water partition coefficient (Wildman–Crippen LogP) is 10.2. The highest BCUT2D eigenvalue weighted by Gasteiger charge is 2.46. The number of piperidine rings is 1. The summed E-state index contributed by atoms with van der Waals surface area (Å²) in [4.78, 5) is 29.0. The topological polar surface area (TPSA) is 87.1 Å². The lowest BCUT2D eigenvalue weighted by Gasteiger charge is -2.55. The van der Waals surface area contributed by atoms with Crippen molar-refractivity contribution in [2.75, 3.05) is 6.54 Å². The summed E-state index contributed by atoms with van der Waals surface area (Å²) in [5, 5.41) is 22.0. The molecule has 3 rings (SSSR count). The lowest BCUT2D eigenvalue weighted by molar-refractivity contribution is -0.160. The third-order valence-electron chi connectivity index (χ3n) is 10.5. The van der Waals surface area contributed by atoms with Gasteiger partial charge in [0.2, 0.25) is 0 Å². The summed E-state index contributed by atoms with van der Waals surface area (Å²) in [6, 6.07) is 8.29. The number of ketones is 1. The summed E-state index contributed by atoms with van der Waals surface area (Å²) >= 11 is 0. The van der Waals surface area contributed by atoms with Gasteiger partial charge in [0.1, 0.15) is 23.4 Å². The lowest BCUT2D eigenvalue weighted by atomic mass is 9.77. The number of rotatable bonds is 14. The Bertz CT molecular complexity index is 1500. The number of benzene rings is 2. The van der Waals surface area contributed by atoms with E-state index in [9.17, 15) is 19.8 Å². The molecule has 0 aliphatic carbocycles. The quantitative estimate of drug-likeness (QED) is 0.190. The van der Waals surface area contributed by atoms with E-state index in [4.69, 9.17) is 4.74 Å². The Balaban J connectivity index is 1.61. The highest BCUT2D eigenvalue weighted by atomic mass is 16.5. The molecular weight excluding hydrogens is 634 g/mol. The van der Waals surface area contributed by atoms with Crippen LogP contribution in [0.3, 0.4) is 0 Å². The minimum absolute atomic E-state index is 0.187. The third-order valence-corrected chi connectivity index (χ3v) is 10.5. The third kappa shape index (κ3) is 11.8. The summed E-state index contributed by atoms with van der Waals surface area (Å²) < 4.78 is 6.14. The van der Waals surface area contributed by atoms with Crippen LogP contribution in [-0.4, -0.2) is 50.6 Å². The van der Waals surface area contributed by atoms with Gasteiger partial charge in [0.25, 0.3) is 0 Å². The molecule has 286 valence electrons. The average Bonchev–Trinajstić information content (AvgIpc) is 2.94. The maximum atomic E-state index is 13.3. The van der Waals surface area contributed by atoms with E-state index in [2.05, 4.69) is 126 Å². The minimum Gasteiger partial charge on any atom is -0.507 e. The van der Waals surface area contributed by atoms with E-state index in [0.29, 0.717) is 74.8 Å². The zero-order chi connectivity index (χ0) is 38.7. The number of aryl methyl sites for hydroxylation is 2. The first-order valence-corrected chi connectivity index (χ1v) is 19.5. The smallest absolute Gasteiger partial charge is 0.306 e. The Hall–Kier alpha value is -2.86. The van der Waals surface area contributed by atoms with Crippen molar-refractivity contribution in [2.24, 2.45) is 11.8 Å². The maximum absolute atomic E-state index is 13.3. The minimum atomic E-state index is -0.248. The number of aromatic hydroxyl groups is 2. The Kier molecular flexibility index (Phi) is 13.7. The first-order chi connectivity index (χ1) is 23.3. The van der Waals surface area contributed by atoms with Crippen LogP contribution in [0.1, 0.15) is 162 Å². The Morgan fingerprint density at radius 1 is 0.725 bits per heavy atom. The number of phenols is 2. The number of ether oxygens (including phenoxy) is 1. The SMILES string of the molecule is CC(C)Cc1cc(CCC(=O)CCN2C(C)(C)CC(OC(=O)CCc3cc(CC(C)C)c(O)c(C(C)(C)C)c3)CC2(C)C)cc(C(C)(C)C)c1O. The van der Waals surface area contributed by atoms with E-state index >= 15 is 0 Å². The van der Waals surface area contributed by atoms with Crippen LogP contribution in [-0.2, 0) is 50.8 Å². The number of hydrogen-bond acceptors (Lipinski definition) is 6. The number of esters is 1. The second kappa shape index (κ2) is 16.4. The molecule has 0 unspecified atom stereocenters. The van der Waals surface area contributed by atoms with Gasteiger partial charge in [-0.3, -0.25) is 14.5 Å². The van der Waals surface area contributed by atoms with Crippen molar-refractivity contribution in [3.05, 3.63) is 57.6 Å². The fourth-order valence-corrected chi connectivity index (χ4v) is 8.20. The standard InChI is InChI=1S/C45H71NO5/c1-29(2)21-33-23-31(25-37(40(33)49)42(5,6)7)15-17-35(47)19-20-46-44(11,12)27-36(28-45(46,13)14)51-39(48)18-16-32-24-34(22-30(3)4)41(50)38(26-32)43(8,9)10/h23-26,29-30,36,49-50H,15-22,27-28H2,1-14H3. The molecule has 1 heterocycles. The molecule has 2 aromatic carbocycles. The predicted molar refractivity (Wildman–Crippen MR) is 211 cm³/mol. The number of likely N-dealkylation sites (tertiary alicyclic amines) is 1. The van der Waals surface area contributed by atoms with Crippen molar-refractivity contribution in [3.63, 3.8) is 0 Å². The zero-order valence-electron chi connectivity index (χ0n) is 34.7. The Morgan fingerprint density at radius 3 is 1.53 bits per heavy atom. The van der Waals surface area contributed by atoms with Gasteiger partial charge in [-0.1, -0.05) is 93.5 Å². The summed E-state index contributed by atoms with van der Waals surface area (Å²) in [6.07, 6.45) is 5.31. The van der Waals surface area contributed by atoms with E-state index < -0.39 is 0 Å². The van der Waals surface area contributed by atoms with Crippen molar-refractivity contribution in [3.8, 4) is 11.5 Å². The van der Waals surface area contributed by atoms with Crippen LogP contribution < -0.4 is 0 Å². The van der Waals surface area contributed by atoms with Crippen LogP contribution in [0.2, 0.25) is 0 Å². The first kappa shape index (κ1) is 42.6. The van der Waals surface area contributed by atoms with Crippen molar-refractivity contribution in [1.82, 2.24) is 4.90 Å². The number of Topliss-reactive ketones (excluding diaryl/α,β-unsaturated/α-hetero) is 1. The van der Waals surface area contributed by atoms with Gasteiger partial charge < -0.3 is 14.9 Å². The van der Waals surface area contributed by atoms with Gasteiger partial charge in [-0.15, -0.1) is 0 Å². The van der Waals surface area contributed by atoms with Crippen LogP contribution >= 0.6 is 0 Å². The molecule has 6 heteroatoms. The Morgan fingerprint density at radius 2 is 1.14 bits per heavy atom. The molecule has 0 bridgehead atoms. The van der Waals surface area contributed by atoms with Gasteiger partial charge in [0, 0.05) is 49.7 Å². The highest BCUT2D eigenvalue weighted by Crippen LogP contribution is 2.41. The fraction of sp³-hybridized carbons (Fsp3) is 0.689. The summed E-state index contributed by atoms with van der Waals surface area (Å²) in [7, 11) is 0. The molecule has 0 radical (unpaired) electrons. The largest absolute Gasteiger partial charge is 0.507 e. The summed E-state index contributed by atoms with van der Waals surface area (Å²) in [5.74, 6) is 1.67. The van der Waals surface area contributed by atoms with E-state index in [1.54, 1.807) is 0 Å². The zero-order valence-corrected chi connectivity index (χ0v) is 34.7. The molecular formula is C45H71NO5. The second-order valence-corrected chi connectivity index (χ2v) is 19.6. The van der Waals surface area contributed by atoms with Crippen molar-refractivity contribution >= 4 is 11.8 Å². The van der Waals surface area contributed by atoms with Crippen LogP contribution in [0.4, 0.5) is 0 Å². The number of carbonyl (C=O) groups is 2. The van der Waals surface area contributed by atoms with Gasteiger partial charge in [-0.25, -0.2) is 0 Å². The monoisotopic (exact) mass is 706 g/mol. The lowest BCUT2D eigenvalue weighted by Crippen LogP contribution is -2.62. The van der Waals surface area contributed by atoms with Gasteiger partial charge in [0.05, 0.1) is 0 Å². The van der Waals surface area contributed by atoms with Crippen LogP contribution in [0.25, 0.3) is 0 Å². The molecule has 0 amide bonds. The maximum Gasteiger partial charge on any atom is 0.306 e. The van der Waals surface area contributed by atoms with Crippen molar-refractivity contribution in [2.45, 2.75) is 183 Å². The highest BCUT2D eigenvalue weighted by molar-refractivity contribution is 5.79. The Labute approximate surface area is 310 Å². The molecule has 2 N–H and O–H groups in total. The normalized spacial score (nSPS) is 16.9. The van der Waals surface area contributed by atoms with E-state index in [1.807, 2.05) is 0 Å². The molecule has 2 aromatic rings. The molecule has 6 nitrogen and oxygen atoms in total. The second-order valence-electron chi connectivity index (χ2n) is 19.6. The molecule has 0 saturated carbocycles.